The highest BCUT2D eigenvalue weighted by Crippen LogP contribution is 2.17. The van der Waals surface area contributed by atoms with Crippen molar-refractivity contribution >= 4 is 23.2 Å². The first-order chi connectivity index (χ1) is 11.6. The summed E-state index contributed by atoms with van der Waals surface area (Å²) in [4.78, 5) is 13.0. The number of nitrogens with zero attached hydrogens (tertiary/aromatic N) is 2. The average molecular weight is 348 g/mol. The lowest BCUT2D eigenvalue weighted by Gasteiger charge is -2.11. The van der Waals surface area contributed by atoms with Crippen molar-refractivity contribution in [3.05, 3.63) is 53.6 Å². The zero-order valence-corrected chi connectivity index (χ0v) is 13.7. The molecule has 0 radical (unpaired) electrons. The van der Waals surface area contributed by atoms with Crippen LogP contribution in [-0.4, -0.2) is 29.7 Å². The van der Waals surface area contributed by atoms with Crippen LogP contribution in [-0.2, 0) is 11.3 Å². The fourth-order valence-corrected chi connectivity index (χ4v) is 2.28. The maximum absolute atomic E-state index is 12.0. The molecule has 2 aromatic heterocycles. The highest BCUT2D eigenvalue weighted by Gasteiger charge is 2.16. The number of amides is 1. The Hall–Kier alpha value is -2.64. The van der Waals surface area contributed by atoms with Gasteiger partial charge >= 0.3 is 0 Å². The fraction of sp³-hybridized carbons (Fsp3) is 0.188. The molecular formula is C16H16ClN4O3+. The summed E-state index contributed by atoms with van der Waals surface area (Å²) < 4.78 is 10.7. The van der Waals surface area contributed by atoms with Crippen molar-refractivity contribution in [2.45, 2.75) is 6.54 Å². The molecule has 0 bridgehead atoms. The number of halogens is 1. The molecule has 0 saturated carbocycles. The predicted octanol–water partition coefficient (Wildman–Crippen LogP) is 1.64. The van der Waals surface area contributed by atoms with Crippen LogP contribution < -0.4 is 10.2 Å². The Bertz CT molecular complexity index is 799. The maximum atomic E-state index is 12.0. The number of rotatable bonds is 6. The second-order valence-corrected chi connectivity index (χ2v) is 5.78. The van der Waals surface area contributed by atoms with Crippen molar-refractivity contribution in [1.29, 1.82) is 0 Å². The van der Waals surface area contributed by atoms with Crippen LogP contribution in [0.1, 0.15) is 5.89 Å². The molecule has 24 heavy (non-hydrogen) atoms. The molecule has 124 valence electrons. The van der Waals surface area contributed by atoms with Gasteiger partial charge < -0.3 is 19.1 Å². The SMILES string of the molecule is C[NH+](CC(=O)Nc1ccc(Cl)cc1)Cc1nnc(-c2ccco2)o1. The summed E-state index contributed by atoms with van der Waals surface area (Å²) in [5.41, 5.74) is 0.704. The number of benzene rings is 1. The van der Waals surface area contributed by atoms with E-state index in [1.807, 2.05) is 7.05 Å². The first-order valence-corrected chi connectivity index (χ1v) is 7.71. The summed E-state index contributed by atoms with van der Waals surface area (Å²) in [6.45, 7) is 0.697. The van der Waals surface area contributed by atoms with Crippen LogP contribution in [0.15, 0.2) is 51.5 Å². The van der Waals surface area contributed by atoms with Gasteiger partial charge in [-0.05, 0) is 36.4 Å². The quantitative estimate of drug-likeness (QED) is 0.708. The molecule has 2 N–H and O–H groups in total. The van der Waals surface area contributed by atoms with E-state index in [1.54, 1.807) is 36.4 Å². The number of likely N-dealkylation sites (N-methyl/N-ethyl adjacent to an activating group) is 1. The molecule has 0 aliphatic rings. The van der Waals surface area contributed by atoms with Gasteiger partial charge in [-0.2, -0.15) is 0 Å². The van der Waals surface area contributed by atoms with Gasteiger partial charge in [0, 0.05) is 10.7 Å². The Balaban J connectivity index is 1.52. The number of hydrogen-bond donors (Lipinski definition) is 2. The van der Waals surface area contributed by atoms with Crippen molar-refractivity contribution in [3.8, 4) is 11.7 Å². The minimum Gasteiger partial charge on any atom is -0.459 e. The summed E-state index contributed by atoms with van der Waals surface area (Å²) in [7, 11) is 1.87. The monoisotopic (exact) mass is 347 g/mol. The van der Waals surface area contributed by atoms with Gasteiger partial charge in [-0.15, -0.1) is 10.2 Å². The number of quaternary nitrogens is 1. The first-order valence-electron chi connectivity index (χ1n) is 7.33. The van der Waals surface area contributed by atoms with E-state index >= 15 is 0 Å². The second-order valence-electron chi connectivity index (χ2n) is 5.34. The fourth-order valence-electron chi connectivity index (χ4n) is 2.16. The van der Waals surface area contributed by atoms with Crippen LogP contribution in [0.2, 0.25) is 5.02 Å². The smallest absolute Gasteiger partial charge is 0.283 e. The minimum absolute atomic E-state index is 0.111. The lowest BCUT2D eigenvalue weighted by atomic mass is 10.3. The second kappa shape index (κ2) is 7.29. The van der Waals surface area contributed by atoms with Gasteiger partial charge in [0.15, 0.2) is 18.8 Å². The van der Waals surface area contributed by atoms with E-state index in [2.05, 4.69) is 15.5 Å². The molecule has 1 amide bonds. The summed E-state index contributed by atoms with van der Waals surface area (Å²) in [5, 5.41) is 11.3. The molecule has 1 unspecified atom stereocenters. The van der Waals surface area contributed by atoms with Crippen molar-refractivity contribution in [2.75, 3.05) is 18.9 Å². The summed E-state index contributed by atoms with van der Waals surface area (Å²) in [6.07, 6.45) is 1.54. The van der Waals surface area contributed by atoms with Crippen LogP contribution >= 0.6 is 11.6 Å². The van der Waals surface area contributed by atoms with Gasteiger partial charge in [0.05, 0.1) is 13.3 Å². The summed E-state index contributed by atoms with van der Waals surface area (Å²) in [5.74, 6) is 1.18. The number of hydrogen-bond acceptors (Lipinski definition) is 5. The molecule has 3 rings (SSSR count). The van der Waals surface area contributed by atoms with Crippen LogP contribution in [0.3, 0.4) is 0 Å². The third-order valence-corrected chi connectivity index (χ3v) is 3.49. The molecule has 0 fully saturated rings. The molecular weight excluding hydrogens is 332 g/mol. The Morgan fingerprint density at radius 2 is 2.04 bits per heavy atom. The van der Waals surface area contributed by atoms with E-state index in [1.165, 1.54) is 6.26 Å². The molecule has 7 nitrogen and oxygen atoms in total. The van der Waals surface area contributed by atoms with E-state index < -0.39 is 0 Å². The van der Waals surface area contributed by atoms with E-state index in [0.717, 1.165) is 4.90 Å². The van der Waals surface area contributed by atoms with Gasteiger partial charge in [-0.25, -0.2) is 0 Å². The van der Waals surface area contributed by atoms with Gasteiger partial charge in [0.25, 0.3) is 17.7 Å². The van der Waals surface area contributed by atoms with Crippen LogP contribution in [0.25, 0.3) is 11.7 Å². The summed E-state index contributed by atoms with van der Waals surface area (Å²) >= 11 is 5.81. The van der Waals surface area contributed by atoms with Crippen molar-refractivity contribution in [3.63, 3.8) is 0 Å². The number of carbonyl (C=O) groups is 1. The normalized spacial score (nSPS) is 12.1. The van der Waals surface area contributed by atoms with Crippen molar-refractivity contribution < 1.29 is 18.5 Å². The third-order valence-electron chi connectivity index (χ3n) is 3.24. The highest BCUT2D eigenvalue weighted by molar-refractivity contribution is 6.30. The third kappa shape index (κ3) is 4.21. The molecule has 1 aromatic carbocycles. The van der Waals surface area contributed by atoms with Crippen LogP contribution in [0.4, 0.5) is 5.69 Å². The molecule has 0 aliphatic carbocycles. The largest absolute Gasteiger partial charge is 0.459 e. The zero-order chi connectivity index (χ0) is 16.9. The van der Waals surface area contributed by atoms with E-state index in [-0.39, 0.29) is 12.5 Å². The molecule has 2 heterocycles. The molecule has 0 saturated heterocycles. The van der Waals surface area contributed by atoms with E-state index in [0.29, 0.717) is 34.8 Å². The Morgan fingerprint density at radius 3 is 2.75 bits per heavy atom. The highest BCUT2D eigenvalue weighted by atomic mass is 35.5. The van der Waals surface area contributed by atoms with Crippen molar-refractivity contribution in [1.82, 2.24) is 10.2 Å². The molecule has 0 aliphatic heterocycles. The Kier molecular flexibility index (Phi) is 4.93. The Morgan fingerprint density at radius 1 is 1.25 bits per heavy atom. The molecule has 3 aromatic rings. The number of carbonyl (C=O) groups excluding carboxylic acids is 1. The topological polar surface area (TPSA) is 85.6 Å². The van der Waals surface area contributed by atoms with Gasteiger partial charge in [0.1, 0.15) is 0 Å². The van der Waals surface area contributed by atoms with Crippen LogP contribution in [0, 0.1) is 0 Å². The average Bonchev–Trinajstić information content (AvgIpc) is 3.20. The predicted molar refractivity (Wildman–Crippen MR) is 87.5 cm³/mol. The van der Waals surface area contributed by atoms with Crippen molar-refractivity contribution in [2.24, 2.45) is 0 Å². The lowest BCUT2D eigenvalue weighted by molar-refractivity contribution is -0.886. The molecule has 1 atom stereocenters. The molecule has 8 heteroatoms. The van der Waals surface area contributed by atoms with E-state index in [9.17, 15) is 4.79 Å². The zero-order valence-electron chi connectivity index (χ0n) is 13.0. The number of nitrogens with one attached hydrogen (secondary N) is 2. The van der Waals surface area contributed by atoms with Gasteiger partial charge in [-0.3, -0.25) is 4.79 Å². The standard InChI is InChI=1S/C16H15ClN4O3/c1-21(9-14(22)18-12-6-4-11(17)5-7-12)10-15-19-20-16(24-15)13-3-2-8-23-13/h2-8H,9-10H2,1H3,(H,18,22)/p+1. The Labute approximate surface area is 143 Å². The number of anilines is 1. The van der Waals surface area contributed by atoms with Gasteiger partial charge in [0.2, 0.25) is 0 Å². The van der Waals surface area contributed by atoms with Crippen LogP contribution in [0.5, 0.6) is 0 Å². The summed E-state index contributed by atoms with van der Waals surface area (Å²) in [6, 6.07) is 10.4. The van der Waals surface area contributed by atoms with E-state index in [4.69, 9.17) is 20.4 Å². The number of aromatic nitrogens is 2. The first kappa shape index (κ1) is 16.2. The minimum atomic E-state index is -0.111. The molecule has 0 spiro atoms. The number of furan rings is 1. The van der Waals surface area contributed by atoms with Gasteiger partial charge in [-0.1, -0.05) is 11.6 Å². The lowest BCUT2D eigenvalue weighted by Crippen LogP contribution is -3.08. The maximum Gasteiger partial charge on any atom is 0.283 e.